The van der Waals surface area contributed by atoms with Crippen molar-refractivity contribution in [2.45, 2.75) is 26.9 Å². The lowest BCUT2D eigenvalue weighted by Gasteiger charge is -2.23. The monoisotopic (exact) mass is 286 g/mol. The van der Waals surface area contributed by atoms with Crippen molar-refractivity contribution in [3.63, 3.8) is 0 Å². The number of benzene rings is 1. The Morgan fingerprint density at radius 1 is 1.47 bits per heavy atom. The summed E-state index contributed by atoms with van der Waals surface area (Å²) in [5.41, 5.74) is -0.169. The predicted octanol–water partition coefficient (Wildman–Crippen LogP) is 2.97. The van der Waals surface area contributed by atoms with Gasteiger partial charge in [-0.05, 0) is 39.0 Å². The summed E-state index contributed by atoms with van der Waals surface area (Å²) < 4.78 is 10.3. The molecule has 106 valence electrons. The van der Waals surface area contributed by atoms with E-state index in [-0.39, 0.29) is 12.6 Å². The van der Waals surface area contributed by atoms with Gasteiger partial charge in [0.1, 0.15) is 12.4 Å². The van der Waals surface area contributed by atoms with Crippen LogP contribution in [-0.4, -0.2) is 24.8 Å². The van der Waals surface area contributed by atoms with Crippen molar-refractivity contribution in [2.24, 2.45) is 5.41 Å². The summed E-state index contributed by atoms with van der Waals surface area (Å²) >= 11 is 5.88. The van der Waals surface area contributed by atoms with E-state index in [2.05, 4.69) is 0 Å². The van der Waals surface area contributed by atoms with Crippen LogP contribution in [0.3, 0.4) is 0 Å². The lowest BCUT2D eigenvalue weighted by atomic mass is 9.95. The number of esters is 1. The number of methoxy groups -OCH3 is 1. The number of halogens is 1. The predicted molar refractivity (Wildman–Crippen MR) is 73.4 cm³/mol. The van der Waals surface area contributed by atoms with E-state index in [1.165, 1.54) is 7.11 Å². The number of rotatable bonds is 5. The van der Waals surface area contributed by atoms with Crippen molar-refractivity contribution in [1.29, 1.82) is 0 Å². The van der Waals surface area contributed by atoms with Gasteiger partial charge in [-0.25, -0.2) is 0 Å². The summed E-state index contributed by atoms with van der Waals surface area (Å²) in [7, 11) is 1.34. The maximum absolute atomic E-state index is 11.6. The highest BCUT2D eigenvalue weighted by atomic mass is 35.5. The molecule has 0 aromatic heterocycles. The maximum atomic E-state index is 11.6. The molecule has 1 atom stereocenters. The number of aliphatic hydroxyl groups excluding tert-OH is 1. The standard InChI is InChI=1S/C14H19ClO4/c1-9(16)11-7-10(15)5-6-12(11)19-8-14(2,3)13(17)18-4/h5-7,9,16H,8H2,1-4H3/t9-/m1/s1. The zero-order valence-corrected chi connectivity index (χ0v) is 12.3. The minimum atomic E-state index is -0.760. The fourth-order valence-electron chi connectivity index (χ4n) is 1.57. The van der Waals surface area contributed by atoms with Crippen LogP contribution < -0.4 is 4.74 Å². The number of carbonyl (C=O) groups excluding carboxylic acids is 1. The van der Waals surface area contributed by atoms with Crippen molar-refractivity contribution < 1.29 is 19.4 Å². The largest absolute Gasteiger partial charge is 0.492 e. The summed E-state index contributed by atoms with van der Waals surface area (Å²) in [5, 5.41) is 10.2. The third-order valence-corrected chi connectivity index (χ3v) is 2.98. The van der Waals surface area contributed by atoms with Gasteiger partial charge in [0.25, 0.3) is 0 Å². The molecule has 0 unspecified atom stereocenters. The zero-order chi connectivity index (χ0) is 14.6. The zero-order valence-electron chi connectivity index (χ0n) is 11.6. The van der Waals surface area contributed by atoms with Crippen LogP contribution in [-0.2, 0) is 9.53 Å². The number of hydrogen-bond donors (Lipinski definition) is 1. The maximum Gasteiger partial charge on any atom is 0.314 e. The smallest absolute Gasteiger partial charge is 0.314 e. The fourth-order valence-corrected chi connectivity index (χ4v) is 1.75. The van der Waals surface area contributed by atoms with Crippen molar-refractivity contribution in [2.75, 3.05) is 13.7 Å². The van der Waals surface area contributed by atoms with E-state index in [9.17, 15) is 9.90 Å². The molecule has 0 radical (unpaired) electrons. The second-order valence-corrected chi connectivity index (χ2v) is 5.46. The first-order valence-electron chi connectivity index (χ1n) is 5.96. The van der Waals surface area contributed by atoms with Gasteiger partial charge in [0, 0.05) is 10.6 Å². The van der Waals surface area contributed by atoms with Gasteiger partial charge < -0.3 is 14.6 Å². The van der Waals surface area contributed by atoms with Crippen molar-refractivity contribution in [3.05, 3.63) is 28.8 Å². The second-order valence-electron chi connectivity index (χ2n) is 5.02. The summed E-state index contributed by atoms with van der Waals surface area (Å²) in [4.78, 5) is 11.6. The molecule has 1 N–H and O–H groups in total. The van der Waals surface area contributed by atoms with Crippen LogP contribution in [0.25, 0.3) is 0 Å². The first-order chi connectivity index (χ1) is 8.77. The summed E-state index contributed by atoms with van der Waals surface area (Å²) in [5.74, 6) is 0.163. The summed E-state index contributed by atoms with van der Waals surface area (Å²) in [6, 6.07) is 5.00. The average molecular weight is 287 g/mol. The highest BCUT2D eigenvalue weighted by molar-refractivity contribution is 6.30. The Morgan fingerprint density at radius 3 is 2.63 bits per heavy atom. The molecule has 0 aliphatic heterocycles. The van der Waals surface area contributed by atoms with E-state index in [0.717, 1.165) is 0 Å². The SMILES string of the molecule is COC(=O)C(C)(C)COc1ccc(Cl)cc1[C@@H](C)O. The number of ether oxygens (including phenoxy) is 2. The number of hydrogen-bond acceptors (Lipinski definition) is 4. The van der Waals surface area contributed by atoms with Gasteiger partial charge in [-0.1, -0.05) is 11.6 Å². The number of aliphatic hydroxyl groups is 1. The molecule has 0 amide bonds. The van der Waals surface area contributed by atoms with Crippen LogP contribution in [0.2, 0.25) is 5.02 Å². The summed E-state index contributed by atoms with van der Waals surface area (Å²) in [6.45, 7) is 5.25. The Balaban J connectivity index is 2.86. The Hall–Kier alpha value is -1.26. The Kier molecular flexibility index (Phi) is 5.20. The van der Waals surface area contributed by atoms with E-state index in [0.29, 0.717) is 16.3 Å². The van der Waals surface area contributed by atoms with Crippen LogP contribution in [0.15, 0.2) is 18.2 Å². The molecule has 4 nitrogen and oxygen atoms in total. The third kappa shape index (κ3) is 4.11. The van der Waals surface area contributed by atoms with Crippen LogP contribution in [0.4, 0.5) is 0 Å². The molecular formula is C14H19ClO4. The molecule has 1 aromatic rings. The van der Waals surface area contributed by atoms with E-state index in [4.69, 9.17) is 21.1 Å². The van der Waals surface area contributed by atoms with Crippen molar-refractivity contribution in [1.82, 2.24) is 0 Å². The van der Waals surface area contributed by atoms with Crippen molar-refractivity contribution >= 4 is 17.6 Å². The Labute approximate surface area is 118 Å². The van der Waals surface area contributed by atoms with Gasteiger partial charge in [0.15, 0.2) is 0 Å². The normalized spacial score (nSPS) is 12.9. The highest BCUT2D eigenvalue weighted by Crippen LogP contribution is 2.30. The van der Waals surface area contributed by atoms with Crippen LogP contribution >= 0.6 is 11.6 Å². The minimum Gasteiger partial charge on any atom is -0.492 e. The van der Waals surface area contributed by atoms with Crippen molar-refractivity contribution in [3.8, 4) is 5.75 Å². The quantitative estimate of drug-likeness (QED) is 0.846. The molecular weight excluding hydrogens is 268 g/mol. The number of carbonyl (C=O) groups is 1. The van der Waals surface area contributed by atoms with E-state index < -0.39 is 11.5 Å². The first-order valence-corrected chi connectivity index (χ1v) is 6.34. The molecule has 0 saturated heterocycles. The van der Waals surface area contributed by atoms with Crippen LogP contribution in [0.1, 0.15) is 32.4 Å². The summed E-state index contributed by atoms with van der Waals surface area (Å²) in [6.07, 6.45) is -0.699. The highest BCUT2D eigenvalue weighted by Gasteiger charge is 2.30. The minimum absolute atomic E-state index is 0.154. The molecule has 0 spiro atoms. The van der Waals surface area contributed by atoms with Gasteiger partial charge in [0.2, 0.25) is 0 Å². The molecule has 1 aromatic carbocycles. The first kappa shape index (κ1) is 15.8. The molecule has 0 heterocycles. The molecule has 5 heteroatoms. The topological polar surface area (TPSA) is 55.8 Å². The molecule has 1 rings (SSSR count). The third-order valence-electron chi connectivity index (χ3n) is 2.75. The van der Waals surface area contributed by atoms with Gasteiger partial charge in [-0.15, -0.1) is 0 Å². The average Bonchev–Trinajstić information content (AvgIpc) is 2.36. The lowest BCUT2D eigenvalue weighted by molar-refractivity contribution is -0.152. The van der Waals surface area contributed by atoms with Crippen LogP contribution in [0, 0.1) is 5.41 Å². The molecule has 0 saturated carbocycles. The van der Waals surface area contributed by atoms with E-state index in [1.807, 2.05) is 0 Å². The molecule has 0 aliphatic rings. The second kappa shape index (κ2) is 6.26. The lowest BCUT2D eigenvalue weighted by Crippen LogP contribution is -2.32. The van der Waals surface area contributed by atoms with Gasteiger partial charge in [-0.3, -0.25) is 4.79 Å². The Bertz CT molecular complexity index is 455. The molecule has 0 bridgehead atoms. The van der Waals surface area contributed by atoms with E-state index >= 15 is 0 Å². The van der Waals surface area contributed by atoms with Gasteiger partial charge in [0.05, 0.1) is 18.6 Å². The van der Waals surface area contributed by atoms with E-state index in [1.54, 1.807) is 39.0 Å². The fraction of sp³-hybridized carbons (Fsp3) is 0.500. The van der Waals surface area contributed by atoms with Gasteiger partial charge >= 0.3 is 5.97 Å². The molecule has 0 fully saturated rings. The van der Waals surface area contributed by atoms with Crippen LogP contribution in [0.5, 0.6) is 5.75 Å². The van der Waals surface area contributed by atoms with Gasteiger partial charge in [-0.2, -0.15) is 0 Å². The Morgan fingerprint density at radius 2 is 2.11 bits per heavy atom. The molecule has 19 heavy (non-hydrogen) atoms. The molecule has 0 aliphatic carbocycles.